The van der Waals surface area contributed by atoms with E-state index in [4.69, 9.17) is 11.6 Å². The Morgan fingerprint density at radius 1 is 1.42 bits per heavy atom. The topological polar surface area (TPSA) is 15.3 Å². The van der Waals surface area contributed by atoms with Crippen molar-refractivity contribution < 1.29 is 0 Å². The van der Waals surface area contributed by atoms with Gasteiger partial charge in [0.1, 0.15) is 0 Å². The highest BCUT2D eigenvalue weighted by Crippen LogP contribution is 2.36. The van der Waals surface area contributed by atoms with Crippen LogP contribution in [0.3, 0.4) is 0 Å². The van der Waals surface area contributed by atoms with E-state index in [1.54, 1.807) is 0 Å². The fourth-order valence-corrected chi connectivity index (χ4v) is 2.67. The van der Waals surface area contributed by atoms with E-state index in [9.17, 15) is 0 Å². The molecule has 0 spiro atoms. The van der Waals surface area contributed by atoms with Crippen LogP contribution in [0.4, 0.5) is 5.69 Å². The van der Waals surface area contributed by atoms with Gasteiger partial charge in [0.05, 0.1) is 0 Å². The Hall–Kier alpha value is -0.730. The number of halogens is 1. The van der Waals surface area contributed by atoms with Crippen molar-refractivity contribution in [3.8, 4) is 0 Å². The van der Waals surface area contributed by atoms with Crippen LogP contribution >= 0.6 is 11.6 Å². The lowest BCUT2D eigenvalue weighted by molar-refractivity contribution is 0.609. The molecule has 1 saturated carbocycles. The summed E-state index contributed by atoms with van der Waals surface area (Å²) in [5, 5.41) is 4.27. The van der Waals surface area contributed by atoms with Crippen molar-refractivity contribution in [2.45, 2.75) is 45.7 Å². The molecule has 0 aliphatic heterocycles. The number of hydrogen-bond donors (Lipinski definition) is 1. The van der Waals surface area contributed by atoms with Gasteiger partial charge in [-0.15, -0.1) is 0 Å². The van der Waals surface area contributed by atoms with E-state index in [2.05, 4.69) is 49.3 Å². The van der Waals surface area contributed by atoms with Crippen molar-refractivity contribution in [3.63, 3.8) is 0 Å². The maximum atomic E-state index is 6.39. The van der Waals surface area contributed by atoms with Crippen LogP contribution < -0.4 is 10.2 Å². The molecular weight excluding hydrogens is 256 g/mol. The standard InChI is InChI=1S/C16H25ClN2/c1-4-9-18-11-14-7-8-15(10-16(14)17)19(3)12(2)13-5-6-13/h7-8,10,12-13,18H,4-6,9,11H2,1-3H3. The van der Waals surface area contributed by atoms with Gasteiger partial charge in [0, 0.05) is 30.3 Å². The van der Waals surface area contributed by atoms with Crippen LogP contribution in [-0.2, 0) is 6.54 Å². The van der Waals surface area contributed by atoms with Gasteiger partial charge in [0.25, 0.3) is 0 Å². The SMILES string of the molecule is CCCNCc1ccc(N(C)C(C)C2CC2)cc1Cl. The highest BCUT2D eigenvalue weighted by Gasteiger charge is 2.30. The number of rotatable bonds is 7. The number of nitrogens with zero attached hydrogens (tertiary/aromatic N) is 1. The van der Waals surface area contributed by atoms with Crippen molar-refractivity contribution in [1.82, 2.24) is 5.32 Å². The molecule has 1 unspecified atom stereocenters. The van der Waals surface area contributed by atoms with Gasteiger partial charge in [-0.3, -0.25) is 0 Å². The molecule has 2 rings (SSSR count). The summed E-state index contributed by atoms with van der Waals surface area (Å²) >= 11 is 6.39. The monoisotopic (exact) mass is 280 g/mol. The molecule has 0 saturated heterocycles. The van der Waals surface area contributed by atoms with Crippen LogP contribution in [0.25, 0.3) is 0 Å². The average molecular weight is 281 g/mol. The van der Waals surface area contributed by atoms with Crippen LogP contribution in [0, 0.1) is 5.92 Å². The smallest absolute Gasteiger partial charge is 0.0471 e. The van der Waals surface area contributed by atoms with Crippen molar-refractivity contribution in [1.29, 1.82) is 0 Å². The molecule has 106 valence electrons. The molecule has 1 aliphatic carbocycles. The van der Waals surface area contributed by atoms with E-state index >= 15 is 0 Å². The van der Waals surface area contributed by atoms with E-state index < -0.39 is 0 Å². The molecule has 0 bridgehead atoms. The van der Waals surface area contributed by atoms with Crippen molar-refractivity contribution >= 4 is 17.3 Å². The summed E-state index contributed by atoms with van der Waals surface area (Å²) < 4.78 is 0. The van der Waals surface area contributed by atoms with Crippen LogP contribution in [-0.4, -0.2) is 19.6 Å². The van der Waals surface area contributed by atoms with Gasteiger partial charge in [-0.2, -0.15) is 0 Å². The Bertz CT molecular complexity index is 415. The van der Waals surface area contributed by atoms with Crippen LogP contribution in [0.15, 0.2) is 18.2 Å². The molecule has 0 aromatic heterocycles. The molecule has 3 heteroatoms. The molecule has 1 aromatic rings. The second kappa shape index (κ2) is 6.62. The van der Waals surface area contributed by atoms with Gasteiger partial charge in [-0.1, -0.05) is 24.6 Å². The highest BCUT2D eigenvalue weighted by atomic mass is 35.5. The molecule has 0 heterocycles. The lowest BCUT2D eigenvalue weighted by atomic mass is 10.1. The Morgan fingerprint density at radius 3 is 2.74 bits per heavy atom. The van der Waals surface area contributed by atoms with Gasteiger partial charge in [0.15, 0.2) is 0 Å². The Balaban J connectivity index is 2.00. The third kappa shape index (κ3) is 3.87. The summed E-state index contributed by atoms with van der Waals surface area (Å²) in [7, 11) is 2.17. The molecule has 1 atom stereocenters. The van der Waals surface area contributed by atoms with Crippen molar-refractivity contribution in [2.24, 2.45) is 5.92 Å². The van der Waals surface area contributed by atoms with E-state index in [0.29, 0.717) is 6.04 Å². The molecular formula is C16H25ClN2. The number of nitrogens with one attached hydrogen (secondary N) is 1. The van der Waals surface area contributed by atoms with Gasteiger partial charge in [-0.05, 0) is 56.3 Å². The Kier molecular flexibility index (Phi) is 5.12. The Morgan fingerprint density at radius 2 is 2.16 bits per heavy atom. The normalized spacial score (nSPS) is 16.4. The Labute approximate surface area is 122 Å². The van der Waals surface area contributed by atoms with Crippen LogP contribution in [0.5, 0.6) is 0 Å². The van der Waals surface area contributed by atoms with E-state index in [1.165, 1.54) is 24.1 Å². The minimum Gasteiger partial charge on any atom is -0.372 e. The fraction of sp³-hybridized carbons (Fsp3) is 0.625. The van der Waals surface area contributed by atoms with Crippen molar-refractivity contribution in [2.75, 3.05) is 18.5 Å². The molecule has 2 nitrogen and oxygen atoms in total. The third-order valence-electron chi connectivity index (χ3n) is 4.10. The zero-order valence-electron chi connectivity index (χ0n) is 12.2. The fourth-order valence-electron chi connectivity index (χ4n) is 2.43. The minimum atomic E-state index is 0.611. The van der Waals surface area contributed by atoms with E-state index in [1.807, 2.05) is 0 Å². The number of benzene rings is 1. The van der Waals surface area contributed by atoms with E-state index in [0.717, 1.165) is 30.5 Å². The molecule has 0 amide bonds. The predicted molar refractivity (Wildman–Crippen MR) is 84.0 cm³/mol. The summed E-state index contributed by atoms with van der Waals surface area (Å²) in [4.78, 5) is 2.35. The summed E-state index contributed by atoms with van der Waals surface area (Å²) in [5.74, 6) is 0.870. The first-order valence-corrected chi connectivity index (χ1v) is 7.73. The third-order valence-corrected chi connectivity index (χ3v) is 4.45. The van der Waals surface area contributed by atoms with Gasteiger partial charge >= 0.3 is 0 Å². The van der Waals surface area contributed by atoms with Crippen LogP contribution in [0.1, 0.15) is 38.7 Å². The largest absolute Gasteiger partial charge is 0.372 e. The zero-order chi connectivity index (χ0) is 13.8. The van der Waals surface area contributed by atoms with Gasteiger partial charge < -0.3 is 10.2 Å². The lowest BCUT2D eigenvalue weighted by Gasteiger charge is -2.27. The van der Waals surface area contributed by atoms with Gasteiger partial charge in [0.2, 0.25) is 0 Å². The number of anilines is 1. The molecule has 19 heavy (non-hydrogen) atoms. The first kappa shape index (κ1) is 14.7. The first-order valence-electron chi connectivity index (χ1n) is 7.35. The quantitative estimate of drug-likeness (QED) is 0.757. The number of hydrogen-bond acceptors (Lipinski definition) is 2. The summed E-state index contributed by atoms with van der Waals surface area (Å²) in [5.41, 5.74) is 2.41. The van der Waals surface area contributed by atoms with Crippen molar-refractivity contribution in [3.05, 3.63) is 28.8 Å². The zero-order valence-corrected chi connectivity index (χ0v) is 13.0. The average Bonchev–Trinajstić information content (AvgIpc) is 3.23. The maximum absolute atomic E-state index is 6.39. The highest BCUT2D eigenvalue weighted by molar-refractivity contribution is 6.31. The maximum Gasteiger partial charge on any atom is 0.0471 e. The second-order valence-corrected chi connectivity index (χ2v) is 6.05. The summed E-state index contributed by atoms with van der Waals surface area (Å²) in [6.07, 6.45) is 3.90. The molecule has 1 fully saturated rings. The summed E-state index contributed by atoms with van der Waals surface area (Å²) in [6.45, 7) is 6.37. The molecule has 1 aromatic carbocycles. The first-order chi connectivity index (χ1) is 9.13. The minimum absolute atomic E-state index is 0.611. The molecule has 1 N–H and O–H groups in total. The van der Waals surface area contributed by atoms with Gasteiger partial charge in [-0.25, -0.2) is 0 Å². The molecule has 0 radical (unpaired) electrons. The molecule has 1 aliphatic rings. The summed E-state index contributed by atoms with van der Waals surface area (Å²) in [6, 6.07) is 7.05. The lowest BCUT2D eigenvalue weighted by Crippen LogP contribution is -2.30. The van der Waals surface area contributed by atoms with Crippen LogP contribution in [0.2, 0.25) is 5.02 Å². The van der Waals surface area contributed by atoms with E-state index in [-0.39, 0.29) is 0 Å². The predicted octanol–water partition coefficient (Wildman–Crippen LogP) is 4.07. The second-order valence-electron chi connectivity index (χ2n) is 5.64.